The first kappa shape index (κ1) is 51.0. The van der Waals surface area contributed by atoms with Crippen LogP contribution < -0.4 is 28.7 Å². The van der Waals surface area contributed by atoms with Gasteiger partial charge in [-0.15, -0.1) is 0 Å². The van der Waals surface area contributed by atoms with E-state index in [1.165, 1.54) is 18.2 Å². The maximum absolute atomic E-state index is 17.5. The molecular weight excluding hydrogens is 874 g/mol. The quantitative estimate of drug-likeness (QED) is 0.0798. The van der Waals surface area contributed by atoms with Crippen molar-refractivity contribution in [1.82, 2.24) is 0 Å². The summed E-state index contributed by atoms with van der Waals surface area (Å²) in [6.07, 6.45) is -10.4. The van der Waals surface area contributed by atoms with Gasteiger partial charge in [-0.1, -0.05) is 25.5 Å². The van der Waals surface area contributed by atoms with Crippen molar-refractivity contribution in [3.8, 4) is 0 Å². The molecule has 16 N–H and O–H groups in total. The Balaban J connectivity index is 0.901. The van der Waals surface area contributed by atoms with Crippen LogP contribution in [-0.2, 0) is 47.6 Å². The van der Waals surface area contributed by atoms with Crippen LogP contribution in [0.5, 0.6) is 0 Å². The van der Waals surface area contributed by atoms with Gasteiger partial charge in [0.1, 0.15) is 48.8 Å². The molecule has 66 heavy (non-hydrogen) atoms. The second kappa shape index (κ2) is 19.1. The number of nitrogens with two attached hydrogens (primary N) is 5. The van der Waals surface area contributed by atoms with Crippen LogP contribution >= 0.6 is 0 Å². The number of alkyl halides is 1. The summed E-state index contributed by atoms with van der Waals surface area (Å²) < 4.78 is 51.4. The lowest BCUT2D eigenvalue weighted by molar-refractivity contribution is -0.315. The Morgan fingerprint density at radius 1 is 0.833 bits per heavy atom. The summed E-state index contributed by atoms with van der Waals surface area (Å²) in [4.78, 5) is 51.7. The summed E-state index contributed by atoms with van der Waals surface area (Å²) in [5.41, 5.74) is 24.4. The van der Waals surface area contributed by atoms with E-state index < -0.39 is 175 Å². The summed E-state index contributed by atoms with van der Waals surface area (Å²) in [6, 6.07) is -3.90. The van der Waals surface area contributed by atoms with Gasteiger partial charge in [0.2, 0.25) is 5.78 Å². The molecule has 6 fully saturated rings. The number of ether oxygens (including phenoxy) is 6. The maximum Gasteiger partial charge on any atom is 0.306 e. The normalized spacial score (nSPS) is 49.0. The van der Waals surface area contributed by atoms with E-state index in [0.29, 0.717) is 18.4 Å². The zero-order chi connectivity index (χ0) is 48.4. The number of hydrogen-bond acceptors (Lipinski definition) is 21. The topological polar surface area (TPSA) is 375 Å². The molecule has 2 aliphatic heterocycles. The molecule has 2 unspecified atom stereocenters. The molecular formula is C44H68FN5O16. The Hall–Kier alpha value is -2.91. The van der Waals surface area contributed by atoms with Crippen molar-refractivity contribution in [3.05, 3.63) is 23.8 Å². The average molecular weight is 942 g/mol. The van der Waals surface area contributed by atoms with Crippen LogP contribution in [0.4, 0.5) is 4.39 Å². The monoisotopic (exact) mass is 941 g/mol. The molecule has 22 atom stereocenters. The van der Waals surface area contributed by atoms with Crippen LogP contribution in [0, 0.1) is 28.6 Å². The molecule has 7 aliphatic rings. The zero-order valence-corrected chi connectivity index (χ0v) is 37.4. The number of rotatable bonds is 13. The Labute approximate surface area is 381 Å². The average Bonchev–Trinajstić information content (AvgIpc) is 3.46. The van der Waals surface area contributed by atoms with Crippen LogP contribution in [0.3, 0.4) is 0 Å². The molecule has 0 radical (unpaired) electrons. The lowest BCUT2D eigenvalue weighted by atomic mass is 9.44. The molecule has 372 valence electrons. The smallest absolute Gasteiger partial charge is 0.306 e. The Morgan fingerprint density at radius 3 is 2.11 bits per heavy atom. The van der Waals surface area contributed by atoms with Gasteiger partial charge in [0, 0.05) is 35.4 Å². The first-order valence-electron chi connectivity index (χ1n) is 22.9. The molecule has 4 saturated carbocycles. The second-order valence-electron chi connectivity index (χ2n) is 20.0. The largest absolute Gasteiger partial charge is 0.463 e. The van der Waals surface area contributed by atoms with Crippen LogP contribution in [-0.4, -0.2) is 177 Å². The number of hydrogen-bond donors (Lipinski definition) is 11. The SMILES string of the molecule is C[C@H]1CC2C3CCC4=CC(=O)C=C[C@]4(C)[C@@]3(F)[C@@H](O)C[C@]2(C)[C@@]1(O)C(=O)COC(=O)CCC(=O)OC[C@H]1O[C@H](O[C@@H]2[C@@H](O)[C@H](O[C@H]3O[C@H](CN)[C@@H](O)C[C@H]3N)[C@@H](N)C[C@H]2N)[C@H](O)[C@@H](N)[C@@H]1O. The van der Waals surface area contributed by atoms with Gasteiger partial charge < -0.3 is 87.7 Å². The third kappa shape index (κ3) is 8.61. The Bertz CT molecular complexity index is 1920. The van der Waals surface area contributed by atoms with Crippen LogP contribution in [0.25, 0.3) is 0 Å². The minimum absolute atomic E-state index is 0.0198. The van der Waals surface area contributed by atoms with Gasteiger partial charge in [0.05, 0.1) is 43.2 Å². The van der Waals surface area contributed by atoms with Gasteiger partial charge in [-0.2, -0.15) is 0 Å². The number of fused-ring (bicyclic) bond motifs is 5. The van der Waals surface area contributed by atoms with E-state index >= 15 is 4.39 Å². The summed E-state index contributed by atoms with van der Waals surface area (Å²) >= 11 is 0. The van der Waals surface area contributed by atoms with E-state index in [2.05, 4.69) is 0 Å². The molecule has 21 nitrogen and oxygen atoms in total. The summed E-state index contributed by atoms with van der Waals surface area (Å²) in [5, 5.41) is 67.1. The predicted octanol–water partition coefficient (Wildman–Crippen LogP) is -3.50. The third-order valence-electron chi connectivity index (χ3n) is 16.2. The van der Waals surface area contributed by atoms with Crippen molar-refractivity contribution in [2.24, 2.45) is 57.3 Å². The molecule has 0 aromatic rings. The predicted molar refractivity (Wildman–Crippen MR) is 225 cm³/mol. The molecule has 2 heterocycles. The number of aliphatic hydroxyl groups is 6. The third-order valence-corrected chi connectivity index (χ3v) is 16.2. The molecule has 22 heteroatoms. The number of allylic oxidation sites excluding steroid dienone is 4. The lowest BCUT2D eigenvalue weighted by Crippen LogP contribution is -2.69. The minimum Gasteiger partial charge on any atom is -0.463 e. The van der Waals surface area contributed by atoms with E-state index in [1.54, 1.807) is 20.8 Å². The van der Waals surface area contributed by atoms with Crippen LogP contribution in [0.15, 0.2) is 23.8 Å². The van der Waals surface area contributed by atoms with Gasteiger partial charge >= 0.3 is 11.9 Å². The molecule has 2 saturated heterocycles. The zero-order valence-electron chi connectivity index (χ0n) is 37.4. The molecule has 0 aromatic heterocycles. The molecule has 0 bridgehead atoms. The van der Waals surface area contributed by atoms with E-state index in [1.807, 2.05) is 0 Å². The van der Waals surface area contributed by atoms with Gasteiger partial charge in [-0.3, -0.25) is 19.2 Å². The molecule has 0 amide bonds. The van der Waals surface area contributed by atoms with Crippen molar-refractivity contribution in [1.29, 1.82) is 0 Å². The molecule has 0 spiro atoms. The molecule has 7 rings (SSSR count). The van der Waals surface area contributed by atoms with Crippen molar-refractivity contribution < 1.29 is 82.6 Å². The summed E-state index contributed by atoms with van der Waals surface area (Å²) in [7, 11) is 0. The number of aliphatic hydroxyl groups excluding tert-OH is 5. The fourth-order valence-electron chi connectivity index (χ4n) is 12.3. The van der Waals surface area contributed by atoms with Gasteiger partial charge in [0.15, 0.2) is 30.6 Å². The summed E-state index contributed by atoms with van der Waals surface area (Å²) in [6.45, 7) is 3.52. The number of carbonyl (C=O) groups is 4. The fraction of sp³-hybridized carbons (Fsp3) is 0.818. The highest BCUT2D eigenvalue weighted by Crippen LogP contribution is 2.70. The van der Waals surface area contributed by atoms with Crippen molar-refractivity contribution in [2.75, 3.05) is 19.8 Å². The van der Waals surface area contributed by atoms with E-state index in [9.17, 15) is 49.8 Å². The van der Waals surface area contributed by atoms with E-state index in [0.717, 1.165) is 0 Å². The number of halogens is 1. The van der Waals surface area contributed by atoms with Gasteiger partial charge in [-0.25, -0.2) is 4.39 Å². The maximum atomic E-state index is 17.5. The number of esters is 2. The van der Waals surface area contributed by atoms with Gasteiger partial charge in [-0.05, 0) is 69.4 Å². The van der Waals surface area contributed by atoms with E-state index in [-0.39, 0.29) is 38.0 Å². The van der Waals surface area contributed by atoms with Crippen LogP contribution in [0.1, 0.15) is 72.1 Å². The number of carbonyl (C=O) groups excluding carboxylic acids is 4. The second-order valence-corrected chi connectivity index (χ2v) is 20.0. The highest BCUT2D eigenvalue weighted by Gasteiger charge is 2.75. The lowest BCUT2D eigenvalue weighted by Gasteiger charge is -2.62. The van der Waals surface area contributed by atoms with Gasteiger partial charge in [0.25, 0.3) is 0 Å². The Kier molecular flexibility index (Phi) is 14.8. The van der Waals surface area contributed by atoms with Crippen molar-refractivity contribution in [3.63, 3.8) is 0 Å². The summed E-state index contributed by atoms with van der Waals surface area (Å²) in [5.74, 6) is -4.93. The first-order chi connectivity index (χ1) is 30.9. The highest BCUT2D eigenvalue weighted by molar-refractivity contribution is 6.01. The van der Waals surface area contributed by atoms with Crippen LogP contribution in [0.2, 0.25) is 0 Å². The van der Waals surface area contributed by atoms with Crippen molar-refractivity contribution >= 4 is 23.5 Å². The number of ketones is 2. The number of Topliss-reactive ketones (excluding diaryl/α,β-unsaturated/α-hetero) is 1. The molecule has 5 aliphatic carbocycles. The highest BCUT2D eigenvalue weighted by atomic mass is 19.1. The standard InChI is InChI=1S/C44H68FN5O16/c1-18-10-22-21-5-4-19-11-20(51)8-9-41(19,2)43(21,45)29(53)14-42(22,3)44(18,60)30(54)17-62-32(56)7-6-31(55)61-16-28-34(57)33(50)35(58)40(64-28)66-38-24(48)12-23(47)37(36(38)59)65-39-25(49)13-26(52)27(15-46)63-39/h8-9,11,18,21-29,33-40,52-53,57-60H,4-7,10,12-17,46-50H2,1-3H3/t18-,21?,22?,23-,24+,25+,26-,27+,28+,29-,33-,34+,35+,36-,37+,38-,39+,40+,41-,42-,43-,44-/m0/s1. The minimum atomic E-state index is -2.16. The first-order valence-corrected chi connectivity index (χ1v) is 22.9. The molecule has 0 aromatic carbocycles. The Morgan fingerprint density at radius 2 is 1.45 bits per heavy atom. The van der Waals surface area contributed by atoms with Crippen molar-refractivity contribution in [2.45, 2.75) is 175 Å². The van der Waals surface area contributed by atoms with E-state index in [4.69, 9.17) is 57.1 Å². The fourth-order valence-corrected chi connectivity index (χ4v) is 12.3.